The van der Waals surface area contributed by atoms with Crippen molar-refractivity contribution in [2.45, 2.75) is 12.1 Å². The standard InChI is InChI=1S/C27H25N5O2S/c1-20(17-21-9-5-3-6-10-21)18-28-29-25(33)19-35-27-31-30-26(22-11-7-4-8-12-22)32(27)23-13-15-24(34-2)16-14-23/h3-18H,19H2,1-2H3,(H,29,33). The number of amides is 1. The molecule has 7 nitrogen and oxygen atoms in total. The maximum absolute atomic E-state index is 12.4. The first-order chi connectivity index (χ1) is 17.1. The Hall–Kier alpha value is -4.17. The molecule has 1 amide bonds. The van der Waals surface area contributed by atoms with Crippen LogP contribution in [0.25, 0.3) is 23.2 Å². The van der Waals surface area contributed by atoms with Crippen LogP contribution in [-0.4, -0.2) is 39.7 Å². The van der Waals surface area contributed by atoms with Gasteiger partial charge in [-0.1, -0.05) is 78.5 Å². The summed E-state index contributed by atoms with van der Waals surface area (Å²) < 4.78 is 7.22. The van der Waals surface area contributed by atoms with Gasteiger partial charge < -0.3 is 4.74 Å². The molecule has 35 heavy (non-hydrogen) atoms. The van der Waals surface area contributed by atoms with E-state index in [2.05, 4.69) is 20.7 Å². The summed E-state index contributed by atoms with van der Waals surface area (Å²) in [4.78, 5) is 12.4. The number of aromatic nitrogens is 3. The second kappa shape index (κ2) is 11.8. The normalized spacial score (nSPS) is 11.5. The highest BCUT2D eigenvalue weighted by atomic mass is 32.2. The second-order valence-corrected chi connectivity index (χ2v) is 8.53. The third-order valence-electron chi connectivity index (χ3n) is 4.98. The number of hydrogen-bond acceptors (Lipinski definition) is 6. The van der Waals surface area contributed by atoms with Crippen LogP contribution in [0.3, 0.4) is 0 Å². The highest BCUT2D eigenvalue weighted by molar-refractivity contribution is 7.99. The summed E-state index contributed by atoms with van der Waals surface area (Å²) in [7, 11) is 1.63. The Kier molecular flexibility index (Phi) is 8.08. The van der Waals surface area contributed by atoms with Crippen LogP contribution in [0, 0.1) is 0 Å². The van der Waals surface area contributed by atoms with Crippen LogP contribution in [0.2, 0.25) is 0 Å². The van der Waals surface area contributed by atoms with Crippen molar-refractivity contribution in [1.82, 2.24) is 20.2 Å². The average Bonchev–Trinajstić information content (AvgIpc) is 3.32. The number of ether oxygens (including phenoxy) is 1. The molecule has 0 saturated heterocycles. The number of hydrazone groups is 1. The molecule has 4 rings (SSSR count). The number of benzene rings is 3. The first-order valence-electron chi connectivity index (χ1n) is 11.0. The molecular formula is C27H25N5O2S. The smallest absolute Gasteiger partial charge is 0.250 e. The third-order valence-corrected chi connectivity index (χ3v) is 5.91. The van der Waals surface area contributed by atoms with Crippen LogP contribution >= 0.6 is 11.8 Å². The van der Waals surface area contributed by atoms with Crippen LogP contribution in [0.15, 0.2) is 101 Å². The van der Waals surface area contributed by atoms with E-state index in [0.29, 0.717) is 11.0 Å². The molecule has 4 aromatic rings. The van der Waals surface area contributed by atoms with Crippen molar-refractivity contribution in [3.8, 4) is 22.8 Å². The Morgan fingerprint density at radius 2 is 1.69 bits per heavy atom. The number of methoxy groups -OCH3 is 1. The van der Waals surface area contributed by atoms with Gasteiger partial charge in [-0.05, 0) is 42.3 Å². The van der Waals surface area contributed by atoms with Crippen LogP contribution in [0.1, 0.15) is 12.5 Å². The van der Waals surface area contributed by atoms with Gasteiger partial charge in [0.1, 0.15) is 5.75 Å². The Morgan fingerprint density at radius 3 is 2.37 bits per heavy atom. The molecule has 1 heterocycles. The van der Waals surface area contributed by atoms with Gasteiger partial charge in [-0.15, -0.1) is 10.2 Å². The van der Waals surface area contributed by atoms with E-state index in [0.717, 1.165) is 28.1 Å². The lowest BCUT2D eigenvalue weighted by atomic mass is 10.1. The zero-order chi connectivity index (χ0) is 24.5. The summed E-state index contributed by atoms with van der Waals surface area (Å²) in [6, 6.07) is 27.4. The van der Waals surface area contributed by atoms with Gasteiger partial charge in [-0.25, -0.2) is 5.43 Å². The summed E-state index contributed by atoms with van der Waals surface area (Å²) >= 11 is 1.29. The Balaban J connectivity index is 1.46. The van der Waals surface area contributed by atoms with Gasteiger partial charge in [0.25, 0.3) is 5.91 Å². The number of nitrogens with one attached hydrogen (secondary N) is 1. The summed E-state index contributed by atoms with van der Waals surface area (Å²) in [5.41, 5.74) is 6.38. The van der Waals surface area contributed by atoms with Crippen molar-refractivity contribution in [2.24, 2.45) is 5.10 Å². The zero-order valence-electron chi connectivity index (χ0n) is 19.5. The molecule has 0 fully saturated rings. The molecule has 0 bridgehead atoms. The first-order valence-corrected chi connectivity index (χ1v) is 12.0. The van der Waals surface area contributed by atoms with Gasteiger partial charge >= 0.3 is 0 Å². The molecule has 0 saturated carbocycles. The molecule has 1 aromatic heterocycles. The van der Waals surface area contributed by atoms with Gasteiger partial charge in [0.15, 0.2) is 11.0 Å². The van der Waals surface area contributed by atoms with Gasteiger partial charge in [-0.3, -0.25) is 9.36 Å². The first kappa shape index (κ1) is 24.0. The fourth-order valence-corrected chi connectivity index (χ4v) is 4.06. The van der Waals surface area contributed by atoms with Crippen LogP contribution in [0.4, 0.5) is 0 Å². The second-order valence-electron chi connectivity index (χ2n) is 7.59. The van der Waals surface area contributed by atoms with Gasteiger partial charge in [-0.2, -0.15) is 5.10 Å². The van der Waals surface area contributed by atoms with Crippen molar-refractivity contribution >= 4 is 30.0 Å². The highest BCUT2D eigenvalue weighted by Crippen LogP contribution is 2.28. The summed E-state index contributed by atoms with van der Waals surface area (Å²) in [6.07, 6.45) is 3.62. The number of allylic oxidation sites excluding steroid dienone is 1. The number of carbonyl (C=O) groups is 1. The van der Waals surface area contributed by atoms with E-state index >= 15 is 0 Å². The zero-order valence-corrected chi connectivity index (χ0v) is 20.3. The molecule has 0 unspecified atom stereocenters. The fourth-order valence-electron chi connectivity index (χ4n) is 3.32. The Labute approximate surface area is 208 Å². The predicted octanol–water partition coefficient (Wildman–Crippen LogP) is 5.24. The van der Waals surface area contributed by atoms with E-state index in [1.165, 1.54) is 11.8 Å². The van der Waals surface area contributed by atoms with Crippen molar-refractivity contribution in [3.05, 3.63) is 96.1 Å². The maximum Gasteiger partial charge on any atom is 0.250 e. The lowest BCUT2D eigenvalue weighted by molar-refractivity contribution is -0.118. The summed E-state index contributed by atoms with van der Waals surface area (Å²) in [6.45, 7) is 1.93. The number of carbonyl (C=O) groups excluding carboxylic acids is 1. The molecule has 3 aromatic carbocycles. The Bertz CT molecular complexity index is 1320. The molecule has 0 aliphatic rings. The number of thioether (sulfide) groups is 1. The number of hydrogen-bond donors (Lipinski definition) is 1. The number of rotatable bonds is 9. The predicted molar refractivity (Wildman–Crippen MR) is 141 cm³/mol. The third kappa shape index (κ3) is 6.45. The molecule has 176 valence electrons. The van der Waals surface area contributed by atoms with Crippen LogP contribution in [0.5, 0.6) is 5.75 Å². The van der Waals surface area contributed by atoms with Crippen molar-refractivity contribution in [1.29, 1.82) is 0 Å². The molecule has 8 heteroatoms. The largest absolute Gasteiger partial charge is 0.497 e. The monoisotopic (exact) mass is 483 g/mol. The molecule has 0 atom stereocenters. The van der Waals surface area contributed by atoms with Crippen molar-refractivity contribution in [3.63, 3.8) is 0 Å². The van der Waals surface area contributed by atoms with Gasteiger partial charge in [0.05, 0.1) is 19.1 Å². The van der Waals surface area contributed by atoms with E-state index in [4.69, 9.17) is 4.74 Å². The molecule has 1 N–H and O–H groups in total. The van der Waals surface area contributed by atoms with Crippen LogP contribution < -0.4 is 10.2 Å². The molecule has 0 aliphatic heterocycles. The van der Waals surface area contributed by atoms with E-state index in [9.17, 15) is 4.79 Å². The van der Waals surface area contributed by atoms with Crippen LogP contribution in [-0.2, 0) is 4.79 Å². The minimum Gasteiger partial charge on any atom is -0.497 e. The highest BCUT2D eigenvalue weighted by Gasteiger charge is 2.17. The molecular weight excluding hydrogens is 458 g/mol. The van der Waals surface area contributed by atoms with Gasteiger partial charge in [0, 0.05) is 11.3 Å². The lowest BCUT2D eigenvalue weighted by Gasteiger charge is -2.11. The average molecular weight is 484 g/mol. The van der Waals surface area contributed by atoms with E-state index < -0.39 is 0 Å². The molecule has 0 aliphatic carbocycles. The SMILES string of the molecule is COc1ccc(-n2c(SCC(=O)NN=CC(C)=Cc3ccccc3)nnc2-c2ccccc2)cc1. The summed E-state index contributed by atoms with van der Waals surface area (Å²) in [5.74, 6) is 1.36. The van der Waals surface area contributed by atoms with E-state index in [1.54, 1.807) is 13.3 Å². The molecule has 0 radical (unpaired) electrons. The summed E-state index contributed by atoms with van der Waals surface area (Å²) in [5, 5.41) is 13.4. The van der Waals surface area contributed by atoms with E-state index in [-0.39, 0.29) is 11.7 Å². The Morgan fingerprint density at radius 1 is 1.00 bits per heavy atom. The van der Waals surface area contributed by atoms with E-state index in [1.807, 2.05) is 102 Å². The minimum absolute atomic E-state index is 0.141. The van der Waals surface area contributed by atoms with Gasteiger partial charge in [0.2, 0.25) is 0 Å². The fraction of sp³-hybridized carbons (Fsp3) is 0.111. The maximum atomic E-state index is 12.4. The molecule has 0 spiro atoms. The topological polar surface area (TPSA) is 81.4 Å². The minimum atomic E-state index is -0.232. The number of nitrogens with zero attached hydrogens (tertiary/aromatic N) is 4. The van der Waals surface area contributed by atoms with Crippen molar-refractivity contribution < 1.29 is 9.53 Å². The van der Waals surface area contributed by atoms with Crippen molar-refractivity contribution in [2.75, 3.05) is 12.9 Å². The quantitative estimate of drug-likeness (QED) is 0.200. The lowest BCUT2D eigenvalue weighted by Crippen LogP contribution is -2.20.